The fourth-order valence-corrected chi connectivity index (χ4v) is 26.0. The topological polar surface area (TPSA) is 80.3 Å². The number of rotatable bonds is 16. The molecule has 0 aliphatic heterocycles. The van der Waals surface area contributed by atoms with Crippen molar-refractivity contribution < 1.29 is 19.8 Å². The van der Waals surface area contributed by atoms with Crippen molar-refractivity contribution in [3.63, 3.8) is 0 Å². The van der Waals surface area contributed by atoms with Crippen molar-refractivity contribution >= 4 is 63.6 Å². The van der Waals surface area contributed by atoms with Gasteiger partial charge in [0.25, 0.3) is 0 Å². The normalized spacial score (nSPS) is 10.0. The molecule has 0 atom stereocenters. The van der Waals surface area contributed by atoms with Gasteiger partial charge in [-0.3, -0.25) is 0 Å². The van der Waals surface area contributed by atoms with E-state index in [1.54, 1.807) is 49.7 Å². The van der Waals surface area contributed by atoms with Crippen LogP contribution in [0.25, 0.3) is 12.2 Å². The minimum atomic E-state index is -1.15. The summed E-state index contributed by atoms with van der Waals surface area (Å²) in [6.45, 7) is 28.6. The molecule has 0 fully saturated rings. The average molecular weight is 832 g/mol. The first-order valence-corrected chi connectivity index (χ1v) is 27.9. The molecule has 0 spiro atoms. The van der Waals surface area contributed by atoms with Crippen molar-refractivity contribution in [2.75, 3.05) is 0 Å². The number of benzene rings is 2. The van der Waals surface area contributed by atoms with Gasteiger partial charge in [-0.1, -0.05) is 73.8 Å². The van der Waals surface area contributed by atoms with Crippen LogP contribution in [0.1, 0.15) is 133 Å². The molecule has 0 saturated heterocycles. The summed E-state index contributed by atoms with van der Waals surface area (Å²) in [4.78, 5) is 20.5. The van der Waals surface area contributed by atoms with Crippen LogP contribution in [0.5, 0.6) is 0 Å². The van der Waals surface area contributed by atoms with Gasteiger partial charge in [-0.15, -0.1) is 0 Å². The molecule has 4 nitrogen and oxygen atoms in total. The molecule has 45 heavy (non-hydrogen) atoms. The molecule has 0 aliphatic rings. The molecule has 2 rings (SSSR count). The maximum atomic E-state index is 10.3. The molecule has 0 N–H and O–H groups in total. The minimum absolute atomic E-state index is 0.190. The zero-order chi connectivity index (χ0) is 34.8. The number of hydrogen-bond acceptors (Lipinski definition) is 4. The van der Waals surface area contributed by atoms with E-state index in [-0.39, 0.29) is 11.1 Å². The third kappa shape index (κ3) is 23.4. The van der Waals surface area contributed by atoms with E-state index in [2.05, 4.69) is 75.5 Å². The summed E-state index contributed by atoms with van der Waals surface area (Å²) in [5, 5.41) is 20.5. The summed E-state index contributed by atoms with van der Waals surface area (Å²) in [6, 6.07) is 12.7. The molecule has 0 radical (unpaired) electrons. The van der Waals surface area contributed by atoms with Crippen LogP contribution < -0.4 is 10.2 Å². The van der Waals surface area contributed by atoms with E-state index < -0.39 is 51.5 Å². The van der Waals surface area contributed by atoms with Gasteiger partial charge >= 0.3 is 165 Å². The second-order valence-electron chi connectivity index (χ2n) is 12.3. The van der Waals surface area contributed by atoms with Gasteiger partial charge in [-0.2, -0.15) is 0 Å². The molecule has 0 saturated carbocycles. The molecule has 0 amide bonds. The molecule has 0 unspecified atom stereocenters. The van der Waals surface area contributed by atoms with Crippen LogP contribution in [0, 0.1) is 0 Å². The number of carboxylic acid groups (broad SMARTS) is 2. The summed E-state index contributed by atoms with van der Waals surface area (Å²) >= 11 is -1.85. The van der Waals surface area contributed by atoms with Crippen molar-refractivity contribution in [1.82, 2.24) is 0 Å². The Morgan fingerprint density at radius 2 is 0.867 bits per heavy atom. The first-order chi connectivity index (χ1) is 21.3. The average Bonchev–Trinajstić information content (AvgIpc) is 3.01. The fraction of sp³-hybridized carbons (Fsp3) is 0.538. The zero-order valence-electron chi connectivity index (χ0n) is 29.9. The Balaban J connectivity index is 0. The molecule has 2 aromatic carbocycles. The van der Waals surface area contributed by atoms with Gasteiger partial charge in [-0.25, -0.2) is 0 Å². The summed E-state index contributed by atoms with van der Waals surface area (Å²) in [5.41, 5.74) is 2.18. The number of hydrogen-bond donors (Lipinski definition) is 0. The molecule has 250 valence electrons. The summed E-state index contributed by atoms with van der Waals surface area (Å²) in [7, 11) is 0. The van der Waals surface area contributed by atoms with Crippen LogP contribution in [-0.2, 0) is 0 Å². The van der Waals surface area contributed by atoms with E-state index in [0.717, 1.165) is 22.9 Å². The quantitative estimate of drug-likeness (QED) is 0.158. The number of carboxylic acids is 2. The second-order valence-corrected chi connectivity index (χ2v) is 33.6. The molecule has 0 aromatic heterocycles. The number of aromatic carboxylic acids is 2. The Labute approximate surface area is 291 Å². The second kappa shape index (κ2) is 28.7. The first kappa shape index (κ1) is 45.6. The van der Waals surface area contributed by atoms with Gasteiger partial charge in [0.15, 0.2) is 0 Å². The molecule has 6 heteroatoms. The zero-order valence-corrected chi connectivity index (χ0v) is 35.6. The SMILES string of the molecule is C=Cc1ccc(C(=O)[O-])cc1.C=Cc1ccc(C(=O)[O-])cc1.CCC[CH2][Sn+]([CH2]CCC)[CH2]CCC.C[CH](C)[Sn+]([CH](C)C)[CH](C)C. The van der Waals surface area contributed by atoms with Gasteiger partial charge < -0.3 is 19.8 Å². The standard InChI is InChI=1S/2C9H8O2.3C4H9.3C3H7.2Sn/c2*1-2-7-3-5-8(6-4-7)9(10)11;3*1-3-4-2;3*1-3-2;;/h2*2-6H,1H2,(H,10,11);3*1,3-4H2,2H3;3*3H,1-2H3;;/q;;;;;;;;2*+1/p-2. The molecule has 2 aromatic rings. The van der Waals surface area contributed by atoms with Crippen molar-refractivity contribution in [2.24, 2.45) is 0 Å². The fourth-order valence-electron chi connectivity index (χ4n) is 5.17. The van der Waals surface area contributed by atoms with Crippen LogP contribution in [0.3, 0.4) is 0 Å². The Hall–Kier alpha value is -1.54. The van der Waals surface area contributed by atoms with Crippen LogP contribution >= 0.6 is 0 Å². The molecule has 0 bridgehead atoms. The third-order valence-corrected chi connectivity index (χ3v) is 27.9. The summed E-state index contributed by atoms with van der Waals surface area (Å²) in [6.07, 6.45) is 12.2. The Bertz CT molecular complexity index is 944. The molecule has 0 aliphatic carbocycles. The van der Waals surface area contributed by atoms with E-state index in [0.29, 0.717) is 0 Å². The summed E-state index contributed by atoms with van der Waals surface area (Å²) < 4.78 is 8.13. The van der Waals surface area contributed by atoms with Crippen molar-refractivity contribution in [3.05, 3.63) is 83.9 Å². The number of carbonyl (C=O) groups excluding carboxylic acids is 2. The molecular weight excluding hydrogens is 770 g/mol. The number of carbonyl (C=O) groups is 2. The monoisotopic (exact) mass is 834 g/mol. The first-order valence-electron chi connectivity index (χ1n) is 16.9. The Kier molecular flexibility index (Phi) is 29.0. The van der Waals surface area contributed by atoms with E-state index in [1.807, 2.05) is 0 Å². The van der Waals surface area contributed by atoms with Gasteiger partial charge in [-0.05, 0) is 22.3 Å². The summed E-state index contributed by atoms with van der Waals surface area (Å²) in [5.74, 6) is -2.30. The number of unbranched alkanes of at least 4 members (excludes halogenated alkanes) is 3. The van der Waals surface area contributed by atoms with Crippen LogP contribution in [0.4, 0.5) is 0 Å². The third-order valence-electron chi connectivity index (χ3n) is 7.42. The van der Waals surface area contributed by atoms with E-state index in [1.165, 1.54) is 62.8 Å². The Morgan fingerprint density at radius 1 is 0.600 bits per heavy atom. The van der Waals surface area contributed by atoms with Crippen molar-refractivity contribution in [2.45, 2.75) is 126 Å². The predicted molar refractivity (Wildman–Crippen MR) is 198 cm³/mol. The van der Waals surface area contributed by atoms with Gasteiger partial charge in [0, 0.05) is 0 Å². The molecule has 0 heterocycles. The van der Waals surface area contributed by atoms with Crippen molar-refractivity contribution in [3.8, 4) is 0 Å². The van der Waals surface area contributed by atoms with Crippen LogP contribution in [0.2, 0.25) is 25.1 Å². The van der Waals surface area contributed by atoms with Gasteiger partial charge in [0.05, 0.1) is 11.9 Å². The van der Waals surface area contributed by atoms with Crippen LogP contribution in [0.15, 0.2) is 61.7 Å². The van der Waals surface area contributed by atoms with Gasteiger partial charge in [0.2, 0.25) is 0 Å². The van der Waals surface area contributed by atoms with E-state index in [4.69, 9.17) is 0 Å². The van der Waals surface area contributed by atoms with Crippen LogP contribution in [-0.4, -0.2) is 51.5 Å². The van der Waals surface area contributed by atoms with Gasteiger partial charge in [0.1, 0.15) is 0 Å². The van der Waals surface area contributed by atoms with E-state index in [9.17, 15) is 19.8 Å². The molecular formula is C39H62O4Sn2. The van der Waals surface area contributed by atoms with Crippen molar-refractivity contribution in [1.29, 1.82) is 0 Å². The predicted octanol–water partition coefficient (Wildman–Crippen LogP) is 9.98. The Morgan fingerprint density at radius 3 is 1.02 bits per heavy atom. The van der Waals surface area contributed by atoms with E-state index >= 15 is 0 Å². The maximum absolute atomic E-state index is 10.3.